The van der Waals surface area contributed by atoms with Crippen LogP contribution < -0.4 is 0 Å². The van der Waals surface area contributed by atoms with Crippen molar-refractivity contribution >= 4 is 40.6 Å². The van der Waals surface area contributed by atoms with Gasteiger partial charge in [-0.2, -0.15) is 0 Å². The number of carbonyl (C=O) groups is 3. The molecule has 0 saturated carbocycles. The number of benzene rings is 1. The summed E-state index contributed by atoms with van der Waals surface area (Å²) in [5.74, 6) is -3.30. The van der Waals surface area contributed by atoms with E-state index < -0.39 is 28.6 Å². The van der Waals surface area contributed by atoms with Gasteiger partial charge in [-0.05, 0) is 24.5 Å². The summed E-state index contributed by atoms with van der Waals surface area (Å²) in [6, 6.07) is 6.55. The summed E-state index contributed by atoms with van der Waals surface area (Å²) < 4.78 is 0.780. The van der Waals surface area contributed by atoms with E-state index in [1.807, 2.05) is 31.2 Å². The lowest BCUT2D eigenvalue weighted by Gasteiger charge is -2.40. The molecule has 6 atom stereocenters. The molecule has 1 aromatic heterocycles. The van der Waals surface area contributed by atoms with Crippen LogP contribution in [-0.2, 0) is 21.1 Å². The molecular weight excluding hydrogens is 458 g/mol. The van der Waals surface area contributed by atoms with Crippen LogP contribution in [-0.4, -0.2) is 88.5 Å². The maximum Gasteiger partial charge on any atom is 0.308 e. The first-order chi connectivity index (χ1) is 16.3. The van der Waals surface area contributed by atoms with E-state index in [0.717, 1.165) is 5.52 Å². The standard InChI is InChI=1S/C23H27N5O5S/c1-3-8-26(12-28-15-7-5-4-6-14(15)24-25-28)21(31)19-23-13(2)11-16(34-23)17(22(32)33)18(23)20(30)27(19)9-10-29/h3-7,13,16-19,29H,1,8-12H2,2H3,(H,32,33)/t13?,16-,17+,18-,19?,23?/m0/s1. The zero-order chi connectivity index (χ0) is 24.2. The topological polar surface area (TPSA) is 129 Å². The Kier molecular flexibility index (Phi) is 5.64. The first-order valence-electron chi connectivity index (χ1n) is 11.3. The van der Waals surface area contributed by atoms with Gasteiger partial charge in [0.2, 0.25) is 11.8 Å². The number of aromatic nitrogens is 3. The highest BCUT2D eigenvalue weighted by Crippen LogP contribution is 2.68. The zero-order valence-corrected chi connectivity index (χ0v) is 19.6. The van der Waals surface area contributed by atoms with Crippen molar-refractivity contribution in [2.45, 2.75) is 36.1 Å². The molecule has 2 bridgehead atoms. The van der Waals surface area contributed by atoms with Crippen LogP contribution in [0.25, 0.3) is 11.0 Å². The normalized spacial score (nSPS) is 31.8. The molecule has 3 aliphatic heterocycles. The number of rotatable bonds is 8. The minimum absolute atomic E-state index is 0.0219. The average molecular weight is 486 g/mol. The molecule has 3 fully saturated rings. The molecule has 1 spiro atoms. The van der Waals surface area contributed by atoms with Crippen LogP contribution in [0.3, 0.4) is 0 Å². The van der Waals surface area contributed by atoms with Crippen molar-refractivity contribution in [3.63, 3.8) is 0 Å². The minimum atomic E-state index is -1.00. The number of hydrogen-bond acceptors (Lipinski definition) is 7. The van der Waals surface area contributed by atoms with Gasteiger partial charge in [0.25, 0.3) is 0 Å². The maximum atomic E-state index is 14.2. The van der Waals surface area contributed by atoms with Gasteiger partial charge >= 0.3 is 5.97 Å². The number of aliphatic hydroxyl groups is 1. The van der Waals surface area contributed by atoms with E-state index in [1.54, 1.807) is 15.7 Å². The lowest BCUT2D eigenvalue weighted by atomic mass is 9.66. The number of likely N-dealkylation sites (tertiary alicyclic amines) is 1. The fourth-order valence-electron chi connectivity index (χ4n) is 6.16. The third-order valence-corrected chi connectivity index (χ3v) is 9.57. The fourth-order valence-corrected chi connectivity index (χ4v) is 8.57. The number of fused-ring (bicyclic) bond motifs is 2. The Bertz CT molecular complexity index is 1170. The summed E-state index contributed by atoms with van der Waals surface area (Å²) in [6.45, 7) is 5.78. The Morgan fingerprint density at radius 3 is 2.85 bits per heavy atom. The highest BCUT2D eigenvalue weighted by atomic mass is 32.2. The van der Waals surface area contributed by atoms with Gasteiger partial charge < -0.3 is 20.0 Å². The summed E-state index contributed by atoms with van der Waals surface area (Å²) in [5, 5.41) is 27.8. The highest BCUT2D eigenvalue weighted by Gasteiger charge is 2.76. The van der Waals surface area contributed by atoms with Crippen LogP contribution in [0.1, 0.15) is 13.3 Å². The second-order valence-corrected chi connectivity index (χ2v) is 10.8. The van der Waals surface area contributed by atoms with Gasteiger partial charge in [-0.3, -0.25) is 14.4 Å². The van der Waals surface area contributed by atoms with Crippen molar-refractivity contribution < 1.29 is 24.6 Å². The largest absolute Gasteiger partial charge is 0.481 e. The number of β-amino-alcohol motifs (C(OH)–C–C–N with tert-alkyl or cyclic N) is 1. The first-order valence-corrected chi connectivity index (χ1v) is 12.2. The van der Waals surface area contributed by atoms with Crippen molar-refractivity contribution in [2.24, 2.45) is 17.8 Å². The summed E-state index contributed by atoms with van der Waals surface area (Å²) >= 11 is 1.48. The van der Waals surface area contributed by atoms with Gasteiger partial charge in [-0.25, -0.2) is 4.68 Å². The van der Waals surface area contributed by atoms with Gasteiger partial charge in [0, 0.05) is 18.3 Å². The molecule has 1 aromatic carbocycles. The predicted molar refractivity (Wildman–Crippen MR) is 125 cm³/mol. The van der Waals surface area contributed by atoms with Crippen LogP contribution in [0.4, 0.5) is 0 Å². The molecule has 11 heteroatoms. The monoisotopic (exact) mass is 485 g/mol. The van der Waals surface area contributed by atoms with E-state index in [2.05, 4.69) is 16.9 Å². The second kappa shape index (κ2) is 8.38. The third kappa shape index (κ3) is 3.09. The van der Waals surface area contributed by atoms with Crippen LogP contribution >= 0.6 is 11.8 Å². The summed E-state index contributed by atoms with van der Waals surface area (Å²) in [6.07, 6.45) is 2.25. The number of aliphatic carboxylic acids is 1. The van der Waals surface area contributed by atoms with Crippen molar-refractivity contribution in [1.82, 2.24) is 24.8 Å². The average Bonchev–Trinajstić information content (AvgIpc) is 3.52. The molecule has 0 aliphatic carbocycles. The predicted octanol–water partition coefficient (Wildman–Crippen LogP) is 0.818. The van der Waals surface area contributed by atoms with Crippen LogP contribution in [0, 0.1) is 17.8 Å². The molecule has 5 rings (SSSR count). The number of aliphatic hydroxyl groups excluding tert-OH is 1. The van der Waals surface area contributed by atoms with Crippen LogP contribution in [0.5, 0.6) is 0 Å². The molecule has 4 heterocycles. The van der Waals surface area contributed by atoms with Gasteiger partial charge in [0.1, 0.15) is 18.2 Å². The summed E-state index contributed by atoms with van der Waals surface area (Å²) in [7, 11) is 0. The fraction of sp³-hybridized carbons (Fsp3) is 0.522. The van der Waals surface area contributed by atoms with E-state index in [4.69, 9.17) is 0 Å². The summed E-state index contributed by atoms with van der Waals surface area (Å²) in [5.41, 5.74) is 1.47. The number of amides is 2. The Balaban J connectivity index is 1.55. The molecule has 3 saturated heterocycles. The van der Waals surface area contributed by atoms with E-state index in [-0.39, 0.29) is 49.3 Å². The maximum absolute atomic E-state index is 14.2. The van der Waals surface area contributed by atoms with Gasteiger partial charge in [-0.1, -0.05) is 30.3 Å². The van der Waals surface area contributed by atoms with E-state index in [9.17, 15) is 24.6 Å². The number of nitrogens with zero attached hydrogens (tertiary/aromatic N) is 5. The lowest BCUT2D eigenvalue weighted by Crippen LogP contribution is -2.57. The number of carbonyl (C=O) groups excluding carboxylic acids is 2. The first kappa shape index (κ1) is 22.9. The molecule has 2 N–H and O–H groups in total. The van der Waals surface area contributed by atoms with Gasteiger partial charge in [-0.15, -0.1) is 23.4 Å². The Morgan fingerprint density at radius 2 is 2.15 bits per heavy atom. The van der Waals surface area contributed by atoms with Gasteiger partial charge in [0.15, 0.2) is 0 Å². The molecule has 3 aliphatic rings. The molecule has 34 heavy (non-hydrogen) atoms. The quantitative estimate of drug-likeness (QED) is 0.526. The molecule has 180 valence electrons. The molecular formula is C23H27N5O5S. The lowest BCUT2D eigenvalue weighted by molar-refractivity contribution is -0.149. The number of carboxylic acid groups (broad SMARTS) is 1. The minimum Gasteiger partial charge on any atom is -0.481 e. The molecule has 2 aromatic rings. The SMILES string of the molecule is C=CCN(Cn1nnc2ccccc21)C(=O)C1N(CCO)C(=O)[C@@H]2[C@H](C(=O)O)[C@@H]3CC(C)C12S3. The highest BCUT2D eigenvalue weighted by molar-refractivity contribution is 8.02. The van der Waals surface area contributed by atoms with Gasteiger partial charge in [0.05, 0.1) is 28.7 Å². The Hall–Kier alpha value is -2.92. The van der Waals surface area contributed by atoms with Crippen molar-refractivity contribution in [2.75, 3.05) is 19.7 Å². The third-order valence-electron chi connectivity index (χ3n) is 7.49. The Labute approximate surface area is 200 Å². The van der Waals surface area contributed by atoms with E-state index >= 15 is 0 Å². The molecule has 10 nitrogen and oxygen atoms in total. The molecule has 2 amide bonds. The van der Waals surface area contributed by atoms with Crippen LogP contribution in [0.2, 0.25) is 0 Å². The van der Waals surface area contributed by atoms with Crippen LogP contribution in [0.15, 0.2) is 36.9 Å². The van der Waals surface area contributed by atoms with Crippen molar-refractivity contribution in [3.8, 4) is 0 Å². The molecule has 3 unspecified atom stereocenters. The Morgan fingerprint density at radius 1 is 1.38 bits per heavy atom. The smallest absolute Gasteiger partial charge is 0.308 e. The van der Waals surface area contributed by atoms with E-state index in [0.29, 0.717) is 11.9 Å². The van der Waals surface area contributed by atoms with E-state index in [1.165, 1.54) is 16.7 Å². The molecule has 0 radical (unpaired) electrons. The summed E-state index contributed by atoms with van der Waals surface area (Å²) in [4.78, 5) is 42.8. The number of carboxylic acids is 1. The zero-order valence-electron chi connectivity index (χ0n) is 18.8. The van der Waals surface area contributed by atoms with Crippen molar-refractivity contribution in [3.05, 3.63) is 36.9 Å². The number of thioether (sulfide) groups is 1. The second-order valence-electron chi connectivity index (χ2n) is 9.21. The number of hydrogen-bond donors (Lipinski definition) is 2. The van der Waals surface area contributed by atoms with Crippen molar-refractivity contribution in [1.29, 1.82) is 0 Å². The number of para-hydroxylation sites is 1.